The molecule has 0 fully saturated rings. The van der Waals surface area contributed by atoms with E-state index < -0.39 is 14.9 Å². The number of nitro groups is 1. The van der Waals surface area contributed by atoms with Gasteiger partial charge in [0.1, 0.15) is 24.3 Å². The lowest BCUT2D eigenvalue weighted by atomic mass is 10.3. The van der Waals surface area contributed by atoms with Crippen molar-refractivity contribution < 1.29 is 13.3 Å². The van der Waals surface area contributed by atoms with E-state index >= 15 is 0 Å². The molecule has 2 aromatic heterocycles. The van der Waals surface area contributed by atoms with Crippen molar-refractivity contribution in [1.29, 1.82) is 0 Å². The molecule has 0 bridgehead atoms. The number of nitrogens with zero attached hydrogens (tertiary/aromatic N) is 5. The molecule has 0 saturated carbocycles. The Morgan fingerprint density at radius 2 is 1.68 bits per heavy atom. The summed E-state index contributed by atoms with van der Waals surface area (Å²) in [6.07, 6.45) is 6.45. The molecule has 0 aliphatic carbocycles. The second-order valence-electron chi connectivity index (χ2n) is 6.29. The number of nitrogens with one attached hydrogen (secondary N) is 2. The van der Waals surface area contributed by atoms with Gasteiger partial charge in [-0.15, -0.1) is 0 Å². The Labute approximate surface area is 176 Å². The minimum atomic E-state index is -3.88. The molecule has 2 aromatic carbocycles. The SMILES string of the molecule is O=[N+]([O-])c1ccc(S(=O)(=O)Nc2ccc(Nc3cc(-n4ccnc4)ncn3)cc2)cc1. The second-order valence-corrected chi connectivity index (χ2v) is 7.97. The molecule has 0 radical (unpaired) electrons. The molecule has 31 heavy (non-hydrogen) atoms. The summed E-state index contributed by atoms with van der Waals surface area (Å²) in [5.74, 6) is 1.19. The summed E-state index contributed by atoms with van der Waals surface area (Å²) in [7, 11) is -3.88. The minimum absolute atomic E-state index is 0.0756. The monoisotopic (exact) mass is 437 g/mol. The fourth-order valence-electron chi connectivity index (χ4n) is 2.68. The van der Waals surface area contributed by atoms with Gasteiger partial charge in [0.15, 0.2) is 0 Å². The third-order valence-corrected chi connectivity index (χ3v) is 5.59. The van der Waals surface area contributed by atoms with Crippen molar-refractivity contribution in [3.63, 3.8) is 0 Å². The van der Waals surface area contributed by atoms with Gasteiger partial charge in [-0.25, -0.2) is 23.4 Å². The third-order valence-electron chi connectivity index (χ3n) is 4.19. The first-order chi connectivity index (χ1) is 14.9. The number of sulfonamides is 1. The molecule has 2 N–H and O–H groups in total. The summed E-state index contributed by atoms with van der Waals surface area (Å²) >= 11 is 0. The Hall–Kier alpha value is -4.32. The Balaban J connectivity index is 1.46. The molecular weight excluding hydrogens is 422 g/mol. The predicted molar refractivity (Wildman–Crippen MR) is 113 cm³/mol. The van der Waals surface area contributed by atoms with Gasteiger partial charge in [0.2, 0.25) is 0 Å². The predicted octanol–water partition coefficient (Wildman–Crippen LogP) is 3.11. The van der Waals surface area contributed by atoms with Crippen LogP contribution in [0.5, 0.6) is 0 Å². The number of hydrogen-bond acceptors (Lipinski definition) is 8. The lowest BCUT2D eigenvalue weighted by molar-refractivity contribution is -0.384. The number of hydrogen-bond donors (Lipinski definition) is 2. The molecule has 0 aliphatic rings. The Bertz CT molecular complexity index is 1310. The van der Waals surface area contributed by atoms with Gasteiger partial charge in [0.05, 0.1) is 9.82 Å². The average molecular weight is 437 g/mol. The smallest absolute Gasteiger partial charge is 0.269 e. The van der Waals surface area contributed by atoms with E-state index in [4.69, 9.17) is 0 Å². The molecule has 0 unspecified atom stereocenters. The van der Waals surface area contributed by atoms with Crippen molar-refractivity contribution in [1.82, 2.24) is 19.5 Å². The van der Waals surface area contributed by atoms with E-state index in [0.29, 0.717) is 23.0 Å². The number of aromatic nitrogens is 4. The largest absolute Gasteiger partial charge is 0.340 e. The van der Waals surface area contributed by atoms with Crippen LogP contribution in [0.3, 0.4) is 0 Å². The van der Waals surface area contributed by atoms with Crippen molar-refractivity contribution in [3.8, 4) is 5.82 Å². The highest BCUT2D eigenvalue weighted by atomic mass is 32.2. The van der Waals surface area contributed by atoms with Crippen LogP contribution in [0.4, 0.5) is 22.9 Å². The van der Waals surface area contributed by atoms with Crippen LogP contribution in [0.15, 0.2) is 84.5 Å². The molecule has 0 atom stereocenters. The van der Waals surface area contributed by atoms with Crippen LogP contribution in [0.1, 0.15) is 0 Å². The van der Waals surface area contributed by atoms with E-state index in [2.05, 4.69) is 25.0 Å². The highest BCUT2D eigenvalue weighted by molar-refractivity contribution is 7.92. The van der Waals surface area contributed by atoms with Crippen LogP contribution in [-0.2, 0) is 10.0 Å². The maximum atomic E-state index is 12.5. The Kier molecular flexibility index (Phi) is 5.28. The van der Waals surface area contributed by atoms with Crippen LogP contribution in [-0.4, -0.2) is 32.9 Å². The molecule has 2 heterocycles. The number of benzene rings is 2. The quantitative estimate of drug-likeness (QED) is 0.331. The van der Waals surface area contributed by atoms with Gasteiger partial charge in [0, 0.05) is 42.0 Å². The van der Waals surface area contributed by atoms with E-state index in [9.17, 15) is 18.5 Å². The molecule has 4 aromatic rings. The summed E-state index contributed by atoms with van der Waals surface area (Å²) < 4.78 is 29.2. The summed E-state index contributed by atoms with van der Waals surface area (Å²) in [5.41, 5.74) is 0.842. The standard InChI is InChI=1S/C19H15N7O4S/c27-26(28)16-5-7-17(8-6-16)31(29,30)24-15-3-1-14(2-4-15)23-18-11-19(22-12-21-18)25-10-9-20-13-25/h1-13,24H,(H,21,22,23). The van der Waals surface area contributed by atoms with E-state index in [0.717, 1.165) is 12.1 Å². The van der Waals surface area contributed by atoms with Crippen molar-refractivity contribution in [2.45, 2.75) is 4.90 Å². The van der Waals surface area contributed by atoms with Gasteiger partial charge < -0.3 is 5.32 Å². The highest BCUT2D eigenvalue weighted by Gasteiger charge is 2.16. The minimum Gasteiger partial charge on any atom is -0.340 e. The second kappa shape index (κ2) is 8.20. The molecule has 0 amide bonds. The van der Waals surface area contributed by atoms with E-state index in [1.807, 2.05) is 0 Å². The zero-order chi connectivity index (χ0) is 21.8. The first kappa shape index (κ1) is 20.0. The Morgan fingerprint density at radius 3 is 2.32 bits per heavy atom. The fraction of sp³-hybridized carbons (Fsp3) is 0. The zero-order valence-corrected chi connectivity index (χ0v) is 16.6. The summed E-state index contributed by atoms with van der Waals surface area (Å²) in [6.45, 7) is 0. The van der Waals surface area contributed by atoms with Crippen molar-refractivity contribution in [3.05, 3.63) is 89.8 Å². The lowest BCUT2D eigenvalue weighted by Gasteiger charge is -2.10. The lowest BCUT2D eigenvalue weighted by Crippen LogP contribution is -2.12. The van der Waals surface area contributed by atoms with Gasteiger partial charge in [-0.1, -0.05) is 0 Å². The number of anilines is 3. The molecule has 0 aliphatic heterocycles. The normalized spacial score (nSPS) is 11.1. The molecular formula is C19H15N7O4S. The van der Waals surface area contributed by atoms with Crippen molar-refractivity contribution >= 4 is 32.9 Å². The molecule has 4 rings (SSSR count). The van der Waals surface area contributed by atoms with Gasteiger partial charge in [-0.2, -0.15) is 0 Å². The van der Waals surface area contributed by atoms with E-state index in [1.165, 1.54) is 18.5 Å². The van der Waals surface area contributed by atoms with Gasteiger partial charge in [0.25, 0.3) is 15.7 Å². The van der Waals surface area contributed by atoms with Crippen molar-refractivity contribution in [2.75, 3.05) is 10.0 Å². The number of rotatable bonds is 7. The van der Waals surface area contributed by atoms with Gasteiger partial charge >= 0.3 is 0 Å². The topological polar surface area (TPSA) is 145 Å². The molecule has 0 saturated heterocycles. The molecule has 156 valence electrons. The van der Waals surface area contributed by atoms with Crippen molar-refractivity contribution in [2.24, 2.45) is 0 Å². The van der Waals surface area contributed by atoms with Crippen LogP contribution in [0.25, 0.3) is 5.82 Å². The van der Waals surface area contributed by atoms with Crippen LogP contribution in [0, 0.1) is 10.1 Å². The summed E-state index contributed by atoms with van der Waals surface area (Å²) in [4.78, 5) is 22.4. The fourth-order valence-corrected chi connectivity index (χ4v) is 3.74. The Morgan fingerprint density at radius 1 is 0.968 bits per heavy atom. The summed E-state index contributed by atoms with van der Waals surface area (Å²) in [5, 5.41) is 13.8. The molecule has 0 spiro atoms. The van der Waals surface area contributed by atoms with E-state index in [-0.39, 0.29) is 10.6 Å². The molecule has 11 nitrogen and oxygen atoms in total. The highest BCUT2D eigenvalue weighted by Crippen LogP contribution is 2.22. The number of non-ortho nitro benzene ring substituents is 1. The molecule has 12 heteroatoms. The van der Waals surface area contributed by atoms with Gasteiger partial charge in [-0.3, -0.25) is 19.4 Å². The van der Waals surface area contributed by atoms with Crippen LogP contribution >= 0.6 is 0 Å². The third kappa shape index (κ3) is 4.64. The van der Waals surface area contributed by atoms with Gasteiger partial charge in [-0.05, 0) is 36.4 Å². The van der Waals surface area contributed by atoms with Crippen LogP contribution < -0.4 is 10.0 Å². The zero-order valence-electron chi connectivity index (χ0n) is 15.8. The first-order valence-electron chi connectivity index (χ1n) is 8.85. The maximum absolute atomic E-state index is 12.5. The average Bonchev–Trinajstić information content (AvgIpc) is 3.30. The number of imidazole rings is 1. The number of nitro benzene ring substituents is 1. The van der Waals surface area contributed by atoms with E-state index in [1.54, 1.807) is 53.6 Å². The first-order valence-corrected chi connectivity index (χ1v) is 10.3. The maximum Gasteiger partial charge on any atom is 0.269 e. The summed E-state index contributed by atoms with van der Waals surface area (Å²) in [6, 6.07) is 12.9. The van der Waals surface area contributed by atoms with Crippen LogP contribution in [0.2, 0.25) is 0 Å².